The Labute approximate surface area is 143 Å². The number of fused-ring (bicyclic) bond motifs is 1. The molecule has 0 aliphatic carbocycles. The van der Waals surface area contributed by atoms with E-state index >= 15 is 0 Å². The molecule has 1 aliphatic rings. The number of carbonyl (C=O) groups excluding carboxylic acids is 1. The third-order valence-electron chi connectivity index (χ3n) is 4.82. The van der Waals surface area contributed by atoms with Crippen molar-refractivity contribution in [1.29, 1.82) is 0 Å². The van der Waals surface area contributed by atoms with E-state index < -0.39 is 11.6 Å². The molecule has 0 radical (unpaired) electrons. The summed E-state index contributed by atoms with van der Waals surface area (Å²) in [5, 5.41) is 0. The Morgan fingerprint density at radius 2 is 1.84 bits per heavy atom. The number of pyridine rings is 1. The van der Waals surface area contributed by atoms with Gasteiger partial charge in [-0.2, -0.15) is 0 Å². The minimum absolute atomic E-state index is 0.0324. The number of imidazole rings is 1. The van der Waals surface area contributed by atoms with Gasteiger partial charge >= 0.3 is 0 Å². The average molecular weight is 341 g/mol. The molecule has 1 fully saturated rings. The zero-order chi connectivity index (χ0) is 17.4. The lowest BCUT2D eigenvalue weighted by Gasteiger charge is -2.32. The smallest absolute Gasteiger partial charge is 0.256 e. The van der Waals surface area contributed by atoms with E-state index in [4.69, 9.17) is 0 Å². The van der Waals surface area contributed by atoms with Gasteiger partial charge in [0, 0.05) is 25.4 Å². The van der Waals surface area contributed by atoms with Crippen LogP contribution in [0.5, 0.6) is 0 Å². The van der Waals surface area contributed by atoms with Crippen LogP contribution < -0.4 is 0 Å². The molecule has 0 spiro atoms. The third kappa shape index (κ3) is 2.99. The molecular weight excluding hydrogens is 324 g/mol. The molecule has 3 heterocycles. The predicted octanol–water partition coefficient (Wildman–Crippen LogP) is 3.63. The van der Waals surface area contributed by atoms with E-state index in [-0.39, 0.29) is 11.8 Å². The summed E-state index contributed by atoms with van der Waals surface area (Å²) in [6, 6.07) is 7.28. The molecule has 2 aromatic heterocycles. The monoisotopic (exact) mass is 341 g/mol. The second kappa shape index (κ2) is 6.27. The van der Waals surface area contributed by atoms with E-state index in [2.05, 4.69) is 4.98 Å². The summed E-state index contributed by atoms with van der Waals surface area (Å²) in [7, 11) is 0. The van der Waals surface area contributed by atoms with Crippen LogP contribution in [-0.4, -0.2) is 33.3 Å². The minimum Gasteiger partial charge on any atom is -0.339 e. The Bertz CT molecular complexity index is 909. The fourth-order valence-corrected chi connectivity index (χ4v) is 3.53. The van der Waals surface area contributed by atoms with Crippen LogP contribution in [0.4, 0.5) is 8.78 Å². The van der Waals surface area contributed by atoms with Crippen LogP contribution in [0.15, 0.2) is 49.1 Å². The van der Waals surface area contributed by atoms with Crippen LogP contribution in [0, 0.1) is 11.6 Å². The zero-order valence-electron chi connectivity index (χ0n) is 13.5. The second-order valence-electron chi connectivity index (χ2n) is 6.38. The van der Waals surface area contributed by atoms with Crippen LogP contribution in [0.1, 0.15) is 34.7 Å². The molecule has 128 valence electrons. The highest BCUT2D eigenvalue weighted by Crippen LogP contribution is 2.30. The van der Waals surface area contributed by atoms with E-state index in [0.717, 1.165) is 11.6 Å². The molecule has 0 unspecified atom stereocenters. The molecule has 6 heteroatoms. The summed E-state index contributed by atoms with van der Waals surface area (Å²) >= 11 is 0. The number of hydrogen-bond acceptors (Lipinski definition) is 2. The number of aromatic nitrogens is 2. The number of piperidine rings is 1. The summed E-state index contributed by atoms with van der Waals surface area (Å²) in [5.41, 5.74) is 2.07. The summed E-state index contributed by atoms with van der Waals surface area (Å²) in [6.07, 6.45) is 6.57. The Balaban J connectivity index is 1.50. The van der Waals surface area contributed by atoms with E-state index in [1.165, 1.54) is 12.1 Å². The first kappa shape index (κ1) is 15.7. The Morgan fingerprint density at radius 1 is 1.12 bits per heavy atom. The topological polar surface area (TPSA) is 37.6 Å². The lowest BCUT2D eigenvalue weighted by Crippen LogP contribution is -2.38. The molecule has 0 N–H and O–H groups in total. The fourth-order valence-electron chi connectivity index (χ4n) is 3.53. The average Bonchev–Trinajstić information content (AvgIpc) is 3.09. The molecule has 0 bridgehead atoms. The maximum Gasteiger partial charge on any atom is 0.256 e. The summed E-state index contributed by atoms with van der Waals surface area (Å²) in [4.78, 5) is 18.7. The zero-order valence-corrected chi connectivity index (χ0v) is 13.5. The first-order valence-corrected chi connectivity index (χ1v) is 8.28. The quantitative estimate of drug-likeness (QED) is 0.714. The lowest BCUT2D eigenvalue weighted by molar-refractivity contribution is 0.0714. The van der Waals surface area contributed by atoms with Gasteiger partial charge in [-0.15, -0.1) is 0 Å². The molecule has 0 atom stereocenters. The molecule has 1 amide bonds. The number of hydrogen-bond donors (Lipinski definition) is 0. The predicted molar refractivity (Wildman–Crippen MR) is 89.4 cm³/mol. The lowest BCUT2D eigenvalue weighted by atomic mass is 9.89. The van der Waals surface area contributed by atoms with E-state index in [0.29, 0.717) is 37.1 Å². The molecule has 25 heavy (non-hydrogen) atoms. The highest BCUT2D eigenvalue weighted by molar-refractivity contribution is 6.00. The maximum atomic E-state index is 13.4. The number of amides is 1. The first-order chi connectivity index (χ1) is 12.1. The van der Waals surface area contributed by atoms with Crippen molar-refractivity contribution in [1.82, 2.24) is 14.3 Å². The van der Waals surface area contributed by atoms with E-state index in [9.17, 15) is 13.6 Å². The van der Waals surface area contributed by atoms with Gasteiger partial charge in [-0.05, 0) is 48.6 Å². The normalized spacial score (nSPS) is 15.7. The molecule has 0 saturated carbocycles. The van der Waals surface area contributed by atoms with E-state index in [1.54, 1.807) is 23.5 Å². The molecule has 1 aromatic carbocycles. The van der Waals surface area contributed by atoms with Crippen molar-refractivity contribution in [2.45, 2.75) is 18.8 Å². The number of carbonyl (C=O) groups is 1. The first-order valence-electron chi connectivity index (χ1n) is 8.28. The summed E-state index contributed by atoms with van der Waals surface area (Å²) in [6.45, 7) is 1.13. The van der Waals surface area contributed by atoms with Gasteiger partial charge in [-0.1, -0.05) is 0 Å². The molecule has 4 nitrogen and oxygen atoms in total. The third-order valence-corrected chi connectivity index (χ3v) is 4.82. The minimum atomic E-state index is -0.555. The van der Waals surface area contributed by atoms with Crippen molar-refractivity contribution in [2.24, 2.45) is 0 Å². The van der Waals surface area contributed by atoms with Gasteiger partial charge < -0.3 is 9.30 Å². The molecule has 1 saturated heterocycles. The fraction of sp³-hybridized carbons (Fsp3) is 0.263. The van der Waals surface area contributed by atoms with Gasteiger partial charge in [0.05, 0.1) is 23.6 Å². The van der Waals surface area contributed by atoms with Crippen molar-refractivity contribution < 1.29 is 13.6 Å². The number of nitrogens with zero attached hydrogens (tertiary/aromatic N) is 3. The van der Waals surface area contributed by atoms with Crippen LogP contribution in [0.3, 0.4) is 0 Å². The number of halogens is 2. The second-order valence-corrected chi connectivity index (χ2v) is 6.38. The Hall–Kier alpha value is -2.76. The SMILES string of the molecule is O=C(c1cccn2cncc12)N1CCC(c2cc(F)cc(F)c2)CC1. The van der Waals surface area contributed by atoms with Crippen molar-refractivity contribution in [3.63, 3.8) is 0 Å². The van der Waals surface area contributed by atoms with Crippen LogP contribution in [0.2, 0.25) is 0 Å². The molecular formula is C19H17F2N3O. The van der Waals surface area contributed by atoms with Gasteiger partial charge in [0.2, 0.25) is 0 Å². The summed E-state index contributed by atoms with van der Waals surface area (Å²) < 4.78 is 28.6. The van der Waals surface area contributed by atoms with E-state index in [1.807, 2.05) is 16.7 Å². The van der Waals surface area contributed by atoms with Gasteiger partial charge in [0.15, 0.2) is 0 Å². The highest BCUT2D eigenvalue weighted by Gasteiger charge is 2.26. The van der Waals surface area contributed by atoms with Gasteiger partial charge in [0.25, 0.3) is 5.91 Å². The van der Waals surface area contributed by atoms with Gasteiger partial charge in [-0.25, -0.2) is 13.8 Å². The van der Waals surface area contributed by atoms with Crippen molar-refractivity contribution in [3.8, 4) is 0 Å². The maximum absolute atomic E-state index is 13.4. The number of likely N-dealkylation sites (tertiary alicyclic amines) is 1. The van der Waals surface area contributed by atoms with Crippen LogP contribution in [-0.2, 0) is 0 Å². The highest BCUT2D eigenvalue weighted by atomic mass is 19.1. The van der Waals surface area contributed by atoms with Crippen LogP contribution >= 0.6 is 0 Å². The Morgan fingerprint density at radius 3 is 2.56 bits per heavy atom. The number of rotatable bonds is 2. The summed E-state index contributed by atoms with van der Waals surface area (Å²) in [5.74, 6) is -1.07. The standard InChI is InChI=1S/C19H17F2N3O/c20-15-8-14(9-16(21)10-15)13-3-6-23(7-4-13)19(25)17-2-1-5-24-12-22-11-18(17)24/h1-2,5,8-13H,3-4,6-7H2. The molecule has 4 rings (SSSR count). The molecule has 3 aromatic rings. The van der Waals surface area contributed by atoms with Gasteiger partial charge in [-0.3, -0.25) is 4.79 Å². The molecule has 1 aliphatic heterocycles. The van der Waals surface area contributed by atoms with Crippen molar-refractivity contribution >= 4 is 11.4 Å². The van der Waals surface area contributed by atoms with Crippen LogP contribution in [0.25, 0.3) is 5.52 Å². The van der Waals surface area contributed by atoms with Crippen molar-refractivity contribution in [2.75, 3.05) is 13.1 Å². The Kier molecular flexibility index (Phi) is 3.95. The van der Waals surface area contributed by atoms with Gasteiger partial charge in [0.1, 0.15) is 11.6 Å². The number of benzene rings is 1. The van der Waals surface area contributed by atoms with Crippen molar-refractivity contribution in [3.05, 3.63) is 71.8 Å². The largest absolute Gasteiger partial charge is 0.339 e.